The molecule has 0 aliphatic carbocycles. The van der Waals surface area contributed by atoms with Crippen molar-refractivity contribution >= 4 is 93.0 Å². The molecule has 0 amide bonds. The first-order valence-electron chi connectivity index (χ1n) is 25.8. The van der Waals surface area contributed by atoms with E-state index >= 15 is 0 Å². The smallest absolute Gasteiger partial charge is 0.0619 e. The molecule has 350 valence electrons. The van der Waals surface area contributed by atoms with Crippen molar-refractivity contribution in [3.63, 3.8) is 0 Å². The zero-order valence-electron chi connectivity index (χ0n) is 41.0. The highest BCUT2D eigenvalue weighted by molar-refractivity contribution is 6.20. The Bertz CT molecular complexity index is 4470. The van der Waals surface area contributed by atoms with Crippen LogP contribution in [0.1, 0.15) is 0 Å². The molecule has 0 aliphatic heterocycles. The average Bonchev–Trinajstić information content (AvgIpc) is 4.08. The van der Waals surface area contributed by atoms with Crippen LogP contribution in [-0.2, 0) is 0 Å². The van der Waals surface area contributed by atoms with Gasteiger partial charge >= 0.3 is 0 Å². The van der Waals surface area contributed by atoms with Crippen LogP contribution in [0, 0.1) is 0 Å². The van der Waals surface area contributed by atoms with Gasteiger partial charge in [-0.3, -0.25) is 0 Å². The first-order valence-corrected chi connectivity index (χ1v) is 25.8. The average molecular weight is 954 g/mol. The van der Waals surface area contributed by atoms with Gasteiger partial charge in [0, 0.05) is 60.8 Å². The van der Waals surface area contributed by atoms with Gasteiger partial charge in [-0.2, -0.15) is 0 Å². The summed E-state index contributed by atoms with van der Waals surface area (Å²) >= 11 is 0. The molecule has 0 saturated heterocycles. The molecule has 0 radical (unpaired) electrons. The van der Waals surface area contributed by atoms with E-state index in [-0.39, 0.29) is 0 Å². The van der Waals surface area contributed by atoms with Crippen LogP contribution in [0.5, 0.6) is 0 Å². The Balaban J connectivity index is 0.931. The zero-order chi connectivity index (χ0) is 49.4. The normalized spacial score (nSPS) is 11.7. The van der Waals surface area contributed by atoms with Crippen molar-refractivity contribution < 1.29 is 0 Å². The fraction of sp³-hybridized carbons (Fsp3) is 0. The van der Waals surface area contributed by atoms with Gasteiger partial charge in [-0.25, -0.2) is 0 Å². The summed E-state index contributed by atoms with van der Waals surface area (Å²) in [5.41, 5.74) is 17.4. The Morgan fingerprint density at radius 2 is 0.613 bits per heavy atom. The van der Waals surface area contributed by atoms with Gasteiger partial charge in [0.2, 0.25) is 0 Å². The summed E-state index contributed by atoms with van der Waals surface area (Å²) in [7, 11) is 0. The Hall–Kier alpha value is -9.96. The van der Waals surface area contributed by atoms with Crippen LogP contribution in [-0.4, -0.2) is 9.13 Å². The molecule has 2 heterocycles. The predicted octanol–water partition coefficient (Wildman–Crippen LogP) is 19.8. The topological polar surface area (TPSA) is 13.1 Å². The minimum atomic E-state index is 1.09. The third kappa shape index (κ3) is 7.12. The molecule has 0 fully saturated rings. The summed E-state index contributed by atoms with van der Waals surface area (Å²) in [5, 5.41) is 12.3. The number of rotatable bonds is 8. The number of hydrogen-bond donors (Lipinski definition) is 0. The van der Waals surface area contributed by atoms with Crippen molar-refractivity contribution in [2.75, 3.05) is 4.90 Å². The van der Waals surface area contributed by atoms with E-state index in [4.69, 9.17) is 0 Å². The molecule has 3 nitrogen and oxygen atoms in total. The van der Waals surface area contributed by atoms with E-state index in [0.717, 1.165) is 50.7 Å². The van der Waals surface area contributed by atoms with Crippen molar-refractivity contribution in [3.05, 3.63) is 285 Å². The number of anilines is 3. The maximum Gasteiger partial charge on any atom is 0.0619 e. The maximum absolute atomic E-state index is 2.45. The molecule has 15 aromatic rings. The van der Waals surface area contributed by atoms with E-state index in [9.17, 15) is 0 Å². The lowest BCUT2D eigenvalue weighted by atomic mass is 9.92. The lowest BCUT2D eigenvalue weighted by Gasteiger charge is -2.26. The highest BCUT2D eigenvalue weighted by Gasteiger charge is 2.20. The van der Waals surface area contributed by atoms with Gasteiger partial charge in [0.05, 0.1) is 22.1 Å². The van der Waals surface area contributed by atoms with E-state index in [0.29, 0.717) is 0 Å². The molecular weight excluding hydrogens is 907 g/mol. The zero-order valence-corrected chi connectivity index (χ0v) is 41.0. The van der Waals surface area contributed by atoms with Crippen LogP contribution in [0.15, 0.2) is 285 Å². The number of aromatic nitrogens is 2. The van der Waals surface area contributed by atoms with Gasteiger partial charge in [-0.15, -0.1) is 0 Å². The van der Waals surface area contributed by atoms with Crippen molar-refractivity contribution in [3.8, 4) is 44.8 Å². The molecule has 15 rings (SSSR count). The SMILES string of the molecule is c1ccc(N(c2ccc(-c3cc(-c4ccc5c(c4)c4ccc6ccccc6c4n5-c4ccccc4)cc(-c4ccc5c(c4)c4ccc6ccccc6c4n5-c4ccccc4)c3)cc2)c2ccc3ccccc3c2)cc1. The minimum absolute atomic E-state index is 1.09. The third-order valence-electron chi connectivity index (χ3n) is 15.4. The van der Waals surface area contributed by atoms with Gasteiger partial charge in [-0.05, 0) is 158 Å². The van der Waals surface area contributed by atoms with Crippen molar-refractivity contribution in [2.45, 2.75) is 0 Å². The molecule has 3 heteroatoms. The molecule has 0 saturated carbocycles. The van der Waals surface area contributed by atoms with Crippen LogP contribution >= 0.6 is 0 Å². The van der Waals surface area contributed by atoms with Crippen LogP contribution in [0.3, 0.4) is 0 Å². The van der Waals surface area contributed by atoms with Gasteiger partial charge < -0.3 is 14.0 Å². The van der Waals surface area contributed by atoms with E-state index in [1.165, 1.54) is 87.1 Å². The van der Waals surface area contributed by atoms with E-state index in [1.807, 2.05) is 0 Å². The van der Waals surface area contributed by atoms with E-state index in [1.54, 1.807) is 0 Å². The third-order valence-corrected chi connectivity index (χ3v) is 15.4. The summed E-state index contributed by atoms with van der Waals surface area (Å²) in [6.45, 7) is 0. The number of hydrogen-bond acceptors (Lipinski definition) is 1. The first-order chi connectivity index (χ1) is 37.2. The van der Waals surface area contributed by atoms with Crippen LogP contribution in [0.2, 0.25) is 0 Å². The molecule has 0 spiro atoms. The molecule has 0 N–H and O–H groups in total. The second-order valence-corrected chi connectivity index (χ2v) is 19.7. The molecule has 0 atom stereocenters. The Labute approximate surface area is 434 Å². The van der Waals surface area contributed by atoms with Crippen molar-refractivity contribution in [1.82, 2.24) is 9.13 Å². The lowest BCUT2D eigenvalue weighted by Crippen LogP contribution is -2.09. The highest BCUT2D eigenvalue weighted by atomic mass is 15.1. The molecule has 0 unspecified atom stereocenters. The first kappa shape index (κ1) is 42.7. The maximum atomic E-state index is 2.45. The van der Waals surface area contributed by atoms with E-state index in [2.05, 4.69) is 299 Å². The Morgan fingerprint density at radius 3 is 1.15 bits per heavy atom. The number of nitrogens with zero attached hydrogens (tertiary/aromatic N) is 3. The van der Waals surface area contributed by atoms with Gasteiger partial charge in [0.1, 0.15) is 0 Å². The summed E-state index contributed by atoms with van der Waals surface area (Å²) in [5.74, 6) is 0. The Kier molecular flexibility index (Phi) is 9.89. The fourth-order valence-corrected chi connectivity index (χ4v) is 11.9. The minimum Gasteiger partial charge on any atom is -0.310 e. The molecule has 0 bridgehead atoms. The van der Waals surface area contributed by atoms with Crippen molar-refractivity contribution in [2.24, 2.45) is 0 Å². The van der Waals surface area contributed by atoms with Crippen LogP contribution < -0.4 is 4.90 Å². The number of fused-ring (bicyclic) bond motifs is 11. The summed E-state index contributed by atoms with van der Waals surface area (Å²) in [6, 6.07) is 105. The van der Waals surface area contributed by atoms with Crippen LogP contribution in [0.25, 0.3) is 121 Å². The standard InChI is InChI=1S/C72H47N3/c1-4-20-58(21-5-1)73(62-37-30-48-16-10-11-19-52(48)45-62)61-35-28-49(29-36-61)55-42-56(53-33-40-69-67(46-53)65-38-31-50-17-12-14-26-63(50)71(65)74(69)59-22-6-2-7-23-59)44-57(43-55)54-34-41-70-68(47-54)66-39-32-51-18-13-15-27-64(51)72(66)75(70)60-24-8-3-9-25-60/h1-47H. The molecule has 13 aromatic carbocycles. The quantitative estimate of drug-likeness (QED) is 0.148. The molecule has 2 aromatic heterocycles. The van der Waals surface area contributed by atoms with Crippen LogP contribution in [0.4, 0.5) is 17.1 Å². The monoisotopic (exact) mass is 953 g/mol. The molecule has 75 heavy (non-hydrogen) atoms. The van der Waals surface area contributed by atoms with E-state index < -0.39 is 0 Å². The fourth-order valence-electron chi connectivity index (χ4n) is 11.9. The summed E-state index contributed by atoms with van der Waals surface area (Å²) in [6.07, 6.45) is 0. The predicted molar refractivity (Wildman–Crippen MR) is 319 cm³/mol. The Morgan fingerprint density at radius 1 is 0.213 bits per heavy atom. The molecule has 0 aliphatic rings. The van der Waals surface area contributed by atoms with Gasteiger partial charge in [0.25, 0.3) is 0 Å². The highest BCUT2D eigenvalue weighted by Crippen LogP contribution is 2.44. The lowest BCUT2D eigenvalue weighted by molar-refractivity contribution is 1.19. The summed E-state index contributed by atoms with van der Waals surface area (Å²) in [4.78, 5) is 2.35. The van der Waals surface area contributed by atoms with Gasteiger partial charge in [-0.1, -0.05) is 182 Å². The second kappa shape index (κ2) is 17.4. The molecular formula is C72H47N3. The van der Waals surface area contributed by atoms with Gasteiger partial charge in [0.15, 0.2) is 0 Å². The number of benzene rings is 13. The largest absolute Gasteiger partial charge is 0.310 e. The summed E-state index contributed by atoms with van der Waals surface area (Å²) < 4.78 is 4.89. The van der Waals surface area contributed by atoms with Crippen molar-refractivity contribution in [1.29, 1.82) is 0 Å². The second-order valence-electron chi connectivity index (χ2n) is 19.7. The number of para-hydroxylation sites is 3.